The van der Waals surface area contributed by atoms with Gasteiger partial charge in [-0.25, -0.2) is 0 Å². The molecule has 0 bridgehead atoms. The van der Waals surface area contributed by atoms with Gasteiger partial charge >= 0.3 is 5.97 Å². The minimum Gasteiger partial charge on any atom is -0.497 e. The predicted octanol–water partition coefficient (Wildman–Crippen LogP) is 2.59. The maximum atomic E-state index is 11.9. The summed E-state index contributed by atoms with van der Waals surface area (Å²) in [5.41, 5.74) is 0.930. The van der Waals surface area contributed by atoms with Crippen molar-refractivity contribution >= 4 is 11.9 Å². The van der Waals surface area contributed by atoms with Crippen LogP contribution in [0.15, 0.2) is 48.5 Å². The number of nitrogens with zero attached hydrogens (tertiary/aromatic N) is 1. The largest absolute Gasteiger partial charge is 0.497 e. The van der Waals surface area contributed by atoms with E-state index in [1.54, 1.807) is 12.0 Å². The lowest BCUT2D eigenvalue weighted by molar-refractivity contribution is -0.141. The summed E-state index contributed by atoms with van der Waals surface area (Å²) in [5, 5.41) is 9.04. The number of ether oxygens (including phenoxy) is 3. The van der Waals surface area contributed by atoms with Gasteiger partial charge in [-0.2, -0.15) is 0 Å². The summed E-state index contributed by atoms with van der Waals surface area (Å²) in [5.74, 6) is 0.500. The molecule has 0 spiro atoms. The Morgan fingerprint density at radius 3 is 2.39 bits per heavy atom. The Labute approximate surface area is 163 Å². The van der Waals surface area contributed by atoms with E-state index < -0.39 is 11.9 Å². The van der Waals surface area contributed by atoms with E-state index >= 15 is 0 Å². The number of benzene rings is 2. The fourth-order valence-corrected chi connectivity index (χ4v) is 3.01. The monoisotopic (exact) mass is 385 g/mol. The van der Waals surface area contributed by atoms with Crippen LogP contribution in [0.5, 0.6) is 17.2 Å². The molecule has 1 fully saturated rings. The maximum absolute atomic E-state index is 11.9. The van der Waals surface area contributed by atoms with Crippen molar-refractivity contribution in [3.05, 3.63) is 54.1 Å². The Bertz CT molecular complexity index is 820. The fraction of sp³-hybridized carbons (Fsp3) is 0.333. The Hall–Kier alpha value is -3.22. The molecule has 1 amide bonds. The second-order valence-corrected chi connectivity index (χ2v) is 6.53. The van der Waals surface area contributed by atoms with Gasteiger partial charge in [0.05, 0.1) is 13.0 Å². The lowest BCUT2D eigenvalue weighted by atomic mass is 10.1. The van der Waals surface area contributed by atoms with Crippen molar-refractivity contribution in [2.75, 3.05) is 26.9 Å². The average molecular weight is 385 g/mol. The number of amides is 1. The Morgan fingerprint density at radius 2 is 1.75 bits per heavy atom. The smallest absolute Gasteiger partial charge is 0.308 e. The number of methoxy groups -OCH3 is 1. The van der Waals surface area contributed by atoms with Crippen LogP contribution in [0.3, 0.4) is 0 Å². The van der Waals surface area contributed by atoms with Crippen molar-refractivity contribution in [2.45, 2.75) is 13.0 Å². The SMILES string of the molecule is COc1cccc(OCCOc2ccc(CN3CC(C(=O)O)CC3=O)cc2)c1. The minimum absolute atomic E-state index is 0.0732. The lowest BCUT2D eigenvalue weighted by Crippen LogP contribution is -2.25. The van der Waals surface area contributed by atoms with E-state index in [1.807, 2.05) is 48.5 Å². The summed E-state index contributed by atoms with van der Waals surface area (Å²) in [7, 11) is 1.61. The third-order valence-corrected chi connectivity index (χ3v) is 4.52. The van der Waals surface area contributed by atoms with Gasteiger partial charge in [0.1, 0.15) is 30.5 Å². The number of carboxylic acids is 1. The highest BCUT2D eigenvalue weighted by molar-refractivity contribution is 5.86. The van der Waals surface area contributed by atoms with Gasteiger partial charge in [0.2, 0.25) is 5.91 Å². The molecule has 1 unspecified atom stereocenters. The van der Waals surface area contributed by atoms with Crippen LogP contribution in [0, 0.1) is 5.92 Å². The molecule has 0 aliphatic carbocycles. The van der Waals surface area contributed by atoms with Crippen molar-refractivity contribution in [2.24, 2.45) is 5.92 Å². The molecule has 1 saturated heterocycles. The van der Waals surface area contributed by atoms with Crippen molar-refractivity contribution in [3.63, 3.8) is 0 Å². The zero-order chi connectivity index (χ0) is 19.9. The van der Waals surface area contributed by atoms with Crippen molar-refractivity contribution in [3.8, 4) is 17.2 Å². The number of carbonyl (C=O) groups excluding carboxylic acids is 1. The number of hydrogen-bond donors (Lipinski definition) is 1. The molecule has 0 saturated carbocycles. The molecular weight excluding hydrogens is 362 g/mol. The first kappa shape index (κ1) is 19.5. The topological polar surface area (TPSA) is 85.3 Å². The number of rotatable bonds is 9. The van der Waals surface area contributed by atoms with E-state index in [0.717, 1.165) is 11.3 Å². The number of carboxylic acid groups (broad SMARTS) is 1. The third-order valence-electron chi connectivity index (χ3n) is 4.52. The van der Waals surface area contributed by atoms with Gasteiger partial charge in [-0.1, -0.05) is 18.2 Å². The molecule has 28 heavy (non-hydrogen) atoms. The predicted molar refractivity (Wildman–Crippen MR) is 102 cm³/mol. The molecule has 3 rings (SSSR count). The minimum atomic E-state index is -0.921. The van der Waals surface area contributed by atoms with Gasteiger partial charge in [0.25, 0.3) is 0 Å². The molecule has 1 aliphatic rings. The Morgan fingerprint density at radius 1 is 1.07 bits per heavy atom. The van der Waals surface area contributed by atoms with Crippen molar-refractivity contribution in [1.82, 2.24) is 4.90 Å². The standard InChI is InChI=1S/C21H23NO6/c1-26-18-3-2-4-19(12-18)28-10-9-27-17-7-5-15(6-8-17)13-22-14-16(21(24)25)11-20(22)23/h2-8,12,16H,9-11,13-14H2,1H3,(H,24,25). The first-order valence-corrected chi connectivity index (χ1v) is 9.04. The molecule has 2 aromatic rings. The zero-order valence-corrected chi connectivity index (χ0v) is 15.7. The van der Waals surface area contributed by atoms with E-state index in [-0.39, 0.29) is 18.9 Å². The molecular formula is C21H23NO6. The van der Waals surface area contributed by atoms with Gasteiger partial charge in [-0.3, -0.25) is 9.59 Å². The number of aliphatic carboxylic acids is 1. The highest BCUT2D eigenvalue weighted by Gasteiger charge is 2.33. The van der Waals surface area contributed by atoms with E-state index in [4.69, 9.17) is 19.3 Å². The van der Waals surface area contributed by atoms with Crippen LogP contribution in [-0.4, -0.2) is 48.8 Å². The molecule has 7 heteroatoms. The van der Waals surface area contributed by atoms with Gasteiger partial charge < -0.3 is 24.2 Å². The van der Waals surface area contributed by atoms with E-state index in [9.17, 15) is 9.59 Å². The van der Waals surface area contributed by atoms with Gasteiger partial charge in [-0.15, -0.1) is 0 Å². The van der Waals surface area contributed by atoms with Crippen LogP contribution >= 0.6 is 0 Å². The Kier molecular flexibility index (Phi) is 6.37. The highest BCUT2D eigenvalue weighted by Crippen LogP contribution is 2.22. The lowest BCUT2D eigenvalue weighted by Gasteiger charge is -2.16. The van der Waals surface area contributed by atoms with Crippen LogP contribution in [0.25, 0.3) is 0 Å². The normalized spacial score (nSPS) is 16.1. The van der Waals surface area contributed by atoms with Gasteiger partial charge in [0.15, 0.2) is 0 Å². The first-order valence-electron chi connectivity index (χ1n) is 9.04. The Balaban J connectivity index is 1.43. The molecule has 148 valence electrons. The summed E-state index contributed by atoms with van der Waals surface area (Å²) >= 11 is 0. The van der Waals surface area contributed by atoms with E-state index in [1.165, 1.54) is 0 Å². The molecule has 0 radical (unpaired) electrons. The quantitative estimate of drug-likeness (QED) is 0.668. The van der Waals surface area contributed by atoms with Crippen LogP contribution in [0.1, 0.15) is 12.0 Å². The maximum Gasteiger partial charge on any atom is 0.308 e. The van der Waals surface area contributed by atoms with Gasteiger partial charge in [0, 0.05) is 25.6 Å². The van der Waals surface area contributed by atoms with E-state index in [2.05, 4.69) is 0 Å². The second kappa shape index (κ2) is 9.12. The second-order valence-electron chi connectivity index (χ2n) is 6.53. The van der Waals surface area contributed by atoms with Crippen molar-refractivity contribution < 1.29 is 28.9 Å². The third kappa shape index (κ3) is 5.16. The molecule has 1 heterocycles. The van der Waals surface area contributed by atoms with Crippen LogP contribution in [-0.2, 0) is 16.1 Å². The number of hydrogen-bond acceptors (Lipinski definition) is 5. The zero-order valence-electron chi connectivity index (χ0n) is 15.7. The average Bonchev–Trinajstić information content (AvgIpc) is 3.07. The first-order chi connectivity index (χ1) is 13.5. The molecule has 0 aromatic heterocycles. The molecule has 2 aromatic carbocycles. The van der Waals surface area contributed by atoms with Gasteiger partial charge in [-0.05, 0) is 29.8 Å². The highest BCUT2D eigenvalue weighted by atomic mass is 16.5. The number of carbonyl (C=O) groups is 2. The summed E-state index contributed by atoms with van der Waals surface area (Å²) in [6.45, 7) is 1.45. The molecule has 1 aliphatic heterocycles. The summed E-state index contributed by atoms with van der Waals surface area (Å²) < 4.78 is 16.4. The molecule has 1 N–H and O–H groups in total. The van der Waals surface area contributed by atoms with Crippen molar-refractivity contribution in [1.29, 1.82) is 0 Å². The number of likely N-dealkylation sites (tertiary alicyclic amines) is 1. The van der Waals surface area contributed by atoms with Crippen LogP contribution in [0.2, 0.25) is 0 Å². The summed E-state index contributed by atoms with van der Waals surface area (Å²) in [4.78, 5) is 24.5. The van der Waals surface area contributed by atoms with E-state index in [0.29, 0.717) is 31.3 Å². The molecule has 7 nitrogen and oxygen atoms in total. The van der Waals surface area contributed by atoms with Crippen LogP contribution in [0.4, 0.5) is 0 Å². The summed E-state index contributed by atoms with van der Waals surface area (Å²) in [6.07, 6.45) is 0.0732. The van der Waals surface area contributed by atoms with Crippen LogP contribution < -0.4 is 14.2 Å². The summed E-state index contributed by atoms with van der Waals surface area (Å²) in [6, 6.07) is 14.8. The fourth-order valence-electron chi connectivity index (χ4n) is 3.01. The molecule has 1 atom stereocenters.